The zero-order valence-electron chi connectivity index (χ0n) is 18.4. The van der Waals surface area contributed by atoms with Gasteiger partial charge in [-0.15, -0.1) is 11.3 Å². The monoisotopic (exact) mass is 458 g/mol. The van der Waals surface area contributed by atoms with E-state index >= 15 is 0 Å². The maximum Gasteiger partial charge on any atom is 0.348 e. The highest BCUT2D eigenvalue weighted by Crippen LogP contribution is 2.30. The van der Waals surface area contributed by atoms with E-state index in [2.05, 4.69) is 0 Å². The van der Waals surface area contributed by atoms with Gasteiger partial charge in [-0.1, -0.05) is 62.9 Å². The van der Waals surface area contributed by atoms with Crippen LogP contribution in [0.25, 0.3) is 10.2 Å². The van der Waals surface area contributed by atoms with Crippen LogP contribution >= 0.6 is 23.1 Å². The summed E-state index contributed by atoms with van der Waals surface area (Å²) in [5.74, 6) is -0.160. The highest BCUT2D eigenvalue weighted by atomic mass is 32.2. The van der Waals surface area contributed by atoms with Crippen molar-refractivity contribution in [1.82, 2.24) is 9.55 Å². The molecule has 3 aromatic rings. The summed E-state index contributed by atoms with van der Waals surface area (Å²) in [6, 6.07) is 9.62. The van der Waals surface area contributed by atoms with Gasteiger partial charge in [0.05, 0.1) is 24.3 Å². The molecule has 0 fully saturated rings. The minimum atomic E-state index is -0.474. The molecular weight excluding hydrogens is 432 g/mol. The molecule has 0 aliphatic carbocycles. The van der Waals surface area contributed by atoms with Crippen molar-refractivity contribution in [2.75, 3.05) is 12.4 Å². The molecule has 0 radical (unpaired) electrons. The summed E-state index contributed by atoms with van der Waals surface area (Å²) in [5.41, 5.74) is 0.843. The van der Waals surface area contributed by atoms with Crippen LogP contribution in [-0.4, -0.2) is 33.7 Å². The predicted octanol–water partition coefficient (Wildman–Crippen LogP) is 4.70. The molecule has 0 unspecified atom stereocenters. The van der Waals surface area contributed by atoms with E-state index in [-0.39, 0.29) is 23.7 Å². The van der Waals surface area contributed by atoms with Crippen LogP contribution in [0.15, 0.2) is 40.3 Å². The zero-order valence-corrected chi connectivity index (χ0v) is 20.0. The summed E-state index contributed by atoms with van der Waals surface area (Å²) < 4.78 is 6.73. The summed E-state index contributed by atoms with van der Waals surface area (Å²) in [6.45, 7) is 9.70. The second-order valence-corrected chi connectivity index (χ2v) is 10.1. The Morgan fingerprint density at radius 3 is 2.48 bits per heavy atom. The SMILES string of the molecule is CCOC(=O)c1sc2nc(SCC(=O)C(C)(C)C)n(Cc3ccccc3)c(=O)c2c1C. The van der Waals surface area contributed by atoms with E-state index < -0.39 is 11.4 Å². The standard InChI is InChI=1S/C23H26N2O4S2/c1-6-29-21(28)18-14(2)17-19(31-18)24-22(30-13-16(26)23(3,4)5)25(20(17)27)12-15-10-8-7-9-11-15/h7-11H,6,12-13H2,1-5H3. The topological polar surface area (TPSA) is 78.3 Å². The second-order valence-electron chi connectivity index (χ2n) is 8.19. The Labute approximate surface area is 189 Å². The first-order chi connectivity index (χ1) is 14.6. The number of ketones is 1. The van der Waals surface area contributed by atoms with Gasteiger partial charge in [-0.2, -0.15) is 0 Å². The van der Waals surface area contributed by atoms with E-state index in [1.165, 1.54) is 11.8 Å². The van der Waals surface area contributed by atoms with Crippen LogP contribution in [0.5, 0.6) is 0 Å². The third kappa shape index (κ3) is 5.07. The minimum absolute atomic E-state index is 0.0766. The molecule has 164 valence electrons. The van der Waals surface area contributed by atoms with Crippen molar-refractivity contribution in [3.05, 3.63) is 56.7 Å². The Balaban J connectivity index is 2.12. The van der Waals surface area contributed by atoms with Gasteiger partial charge in [0.25, 0.3) is 5.56 Å². The minimum Gasteiger partial charge on any atom is -0.462 e. The number of nitrogens with zero attached hydrogens (tertiary/aromatic N) is 2. The Kier molecular flexibility index (Phi) is 7.01. The Bertz CT molecular complexity index is 1170. The molecule has 2 aromatic heterocycles. The van der Waals surface area contributed by atoms with Crippen molar-refractivity contribution in [1.29, 1.82) is 0 Å². The molecule has 0 aliphatic heterocycles. The Morgan fingerprint density at radius 2 is 1.87 bits per heavy atom. The van der Waals surface area contributed by atoms with E-state index in [1.54, 1.807) is 18.4 Å². The van der Waals surface area contributed by atoms with Gasteiger partial charge < -0.3 is 4.74 Å². The number of esters is 1. The average Bonchev–Trinajstić information content (AvgIpc) is 3.05. The van der Waals surface area contributed by atoms with Crippen molar-refractivity contribution < 1.29 is 14.3 Å². The number of benzene rings is 1. The fourth-order valence-electron chi connectivity index (χ4n) is 2.95. The van der Waals surface area contributed by atoms with E-state index in [9.17, 15) is 14.4 Å². The predicted molar refractivity (Wildman–Crippen MR) is 125 cm³/mol. The van der Waals surface area contributed by atoms with E-state index in [1.807, 2.05) is 51.1 Å². The fourth-order valence-corrected chi connectivity index (χ4v) is 5.23. The van der Waals surface area contributed by atoms with Gasteiger partial charge in [0.1, 0.15) is 15.5 Å². The number of rotatable bonds is 7. The summed E-state index contributed by atoms with van der Waals surface area (Å²) in [6.07, 6.45) is 0. The first-order valence-corrected chi connectivity index (χ1v) is 11.8. The lowest BCUT2D eigenvalue weighted by Crippen LogP contribution is -2.26. The lowest BCUT2D eigenvalue weighted by molar-refractivity contribution is -0.123. The number of thioether (sulfide) groups is 1. The van der Waals surface area contributed by atoms with E-state index in [0.29, 0.717) is 32.4 Å². The Hall–Kier alpha value is -2.45. The largest absolute Gasteiger partial charge is 0.462 e. The Morgan fingerprint density at radius 1 is 1.19 bits per heavy atom. The molecule has 6 nitrogen and oxygen atoms in total. The van der Waals surface area contributed by atoms with Crippen LogP contribution in [0.2, 0.25) is 0 Å². The van der Waals surface area contributed by atoms with Crippen LogP contribution in [0, 0.1) is 12.3 Å². The molecule has 8 heteroatoms. The second kappa shape index (κ2) is 9.36. The molecule has 0 amide bonds. The molecule has 0 saturated heterocycles. The number of hydrogen-bond donors (Lipinski definition) is 0. The van der Waals surface area contributed by atoms with Crippen LogP contribution in [0.3, 0.4) is 0 Å². The molecular formula is C23H26N2O4S2. The molecule has 0 N–H and O–H groups in total. The third-order valence-electron chi connectivity index (χ3n) is 4.83. The number of carbonyl (C=O) groups excluding carboxylic acids is 2. The number of aromatic nitrogens is 2. The van der Waals surface area contributed by atoms with Gasteiger partial charge in [0.2, 0.25) is 0 Å². The quantitative estimate of drug-likeness (QED) is 0.290. The maximum atomic E-state index is 13.5. The van der Waals surface area contributed by atoms with Gasteiger partial charge in [-0.3, -0.25) is 14.2 Å². The summed E-state index contributed by atoms with van der Waals surface area (Å²) in [7, 11) is 0. The van der Waals surface area contributed by atoms with Crippen LogP contribution in [-0.2, 0) is 16.1 Å². The van der Waals surface area contributed by atoms with Crippen molar-refractivity contribution >= 4 is 45.1 Å². The fraction of sp³-hybridized carbons (Fsp3) is 0.391. The lowest BCUT2D eigenvalue weighted by atomic mass is 9.92. The normalized spacial score (nSPS) is 11.6. The number of aryl methyl sites for hydroxylation is 1. The first-order valence-electron chi connectivity index (χ1n) is 10.0. The molecule has 0 atom stereocenters. The molecule has 0 bridgehead atoms. The van der Waals surface area contributed by atoms with Crippen molar-refractivity contribution in [2.45, 2.75) is 46.3 Å². The van der Waals surface area contributed by atoms with Gasteiger partial charge in [0.15, 0.2) is 5.16 Å². The average molecular weight is 459 g/mol. The highest BCUT2D eigenvalue weighted by Gasteiger charge is 2.25. The van der Waals surface area contributed by atoms with Gasteiger partial charge in [-0.05, 0) is 25.0 Å². The molecule has 0 aliphatic rings. The highest BCUT2D eigenvalue weighted by molar-refractivity contribution is 7.99. The number of carbonyl (C=O) groups is 2. The number of Topliss-reactive ketones (excluding diaryl/α,β-unsaturated/α-hetero) is 1. The van der Waals surface area contributed by atoms with Crippen LogP contribution in [0.1, 0.15) is 48.5 Å². The first kappa shape index (κ1) is 23.2. The molecule has 0 saturated carbocycles. The van der Waals surface area contributed by atoms with Crippen LogP contribution in [0.4, 0.5) is 0 Å². The van der Waals surface area contributed by atoms with Crippen molar-refractivity contribution in [2.24, 2.45) is 5.41 Å². The molecule has 1 aromatic carbocycles. The number of ether oxygens (including phenoxy) is 1. The van der Waals surface area contributed by atoms with E-state index in [0.717, 1.165) is 16.9 Å². The molecule has 3 rings (SSSR count). The third-order valence-corrected chi connectivity index (χ3v) is 6.97. The summed E-state index contributed by atoms with van der Waals surface area (Å²) >= 11 is 2.41. The van der Waals surface area contributed by atoms with Gasteiger partial charge >= 0.3 is 5.97 Å². The van der Waals surface area contributed by atoms with Gasteiger partial charge in [-0.25, -0.2) is 9.78 Å². The van der Waals surface area contributed by atoms with Crippen LogP contribution < -0.4 is 5.56 Å². The summed E-state index contributed by atoms with van der Waals surface area (Å²) in [4.78, 5) is 43.9. The van der Waals surface area contributed by atoms with Crippen molar-refractivity contribution in [3.8, 4) is 0 Å². The summed E-state index contributed by atoms with van der Waals surface area (Å²) in [5, 5.41) is 0.895. The number of fused-ring (bicyclic) bond motifs is 1. The lowest BCUT2D eigenvalue weighted by Gasteiger charge is -2.17. The van der Waals surface area contributed by atoms with Crippen molar-refractivity contribution in [3.63, 3.8) is 0 Å². The maximum absolute atomic E-state index is 13.5. The zero-order chi connectivity index (χ0) is 22.8. The molecule has 0 spiro atoms. The molecule has 2 heterocycles. The number of thiophene rings is 1. The molecule has 31 heavy (non-hydrogen) atoms. The van der Waals surface area contributed by atoms with Gasteiger partial charge in [0, 0.05) is 5.41 Å². The number of hydrogen-bond acceptors (Lipinski definition) is 7. The van der Waals surface area contributed by atoms with E-state index in [4.69, 9.17) is 9.72 Å². The smallest absolute Gasteiger partial charge is 0.348 e.